The Hall–Kier alpha value is -0.640. The quantitative estimate of drug-likeness (QED) is 0.845. The maximum atomic E-state index is 10.6. The minimum atomic E-state index is -0.330. The summed E-state index contributed by atoms with van der Waals surface area (Å²) in [5.41, 5.74) is 2.86. The molecule has 0 bridgehead atoms. The van der Waals surface area contributed by atoms with E-state index in [0.29, 0.717) is 5.92 Å². The molecule has 19 heavy (non-hydrogen) atoms. The fourth-order valence-electron chi connectivity index (χ4n) is 2.86. The van der Waals surface area contributed by atoms with Crippen molar-refractivity contribution in [3.05, 3.63) is 55.7 Å². The Balaban J connectivity index is 1.81. The number of aliphatic hydroxyl groups excluding tert-OH is 1. The molecule has 3 rings (SSSR count). The molecule has 2 atom stereocenters. The van der Waals surface area contributed by atoms with E-state index >= 15 is 0 Å². The molecule has 0 saturated heterocycles. The van der Waals surface area contributed by atoms with Crippen LogP contribution in [-0.4, -0.2) is 5.11 Å². The van der Waals surface area contributed by atoms with Gasteiger partial charge in [0.1, 0.15) is 0 Å². The van der Waals surface area contributed by atoms with Crippen LogP contribution in [0.3, 0.4) is 0 Å². The van der Waals surface area contributed by atoms with Gasteiger partial charge in [0.05, 0.1) is 6.10 Å². The first-order chi connectivity index (χ1) is 9.15. The Morgan fingerprint density at radius 2 is 2.05 bits per heavy atom. The number of halogens is 1. The largest absolute Gasteiger partial charge is 0.387 e. The predicted molar refractivity (Wildman–Crippen MR) is 83.7 cm³/mol. The van der Waals surface area contributed by atoms with Gasteiger partial charge in [-0.05, 0) is 65.2 Å². The van der Waals surface area contributed by atoms with Crippen LogP contribution in [0.5, 0.6) is 0 Å². The van der Waals surface area contributed by atoms with E-state index in [2.05, 4.69) is 53.2 Å². The lowest BCUT2D eigenvalue weighted by molar-refractivity contribution is 0.103. The standard InChI is InChI=1S/C16H17BrOS/c1-10-14(17)9-15(19-10)16(18)13-7-6-11-4-2-3-5-12(11)8-13/h2-5,9,13,16,18H,6-8H2,1H3. The summed E-state index contributed by atoms with van der Waals surface area (Å²) < 4.78 is 1.11. The molecule has 0 saturated carbocycles. The smallest absolute Gasteiger partial charge is 0.0913 e. The molecule has 0 spiro atoms. The third kappa shape index (κ3) is 2.64. The maximum absolute atomic E-state index is 10.6. The highest BCUT2D eigenvalue weighted by molar-refractivity contribution is 9.10. The Kier molecular flexibility index (Phi) is 3.79. The third-order valence-electron chi connectivity index (χ3n) is 4.00. The fraction of sp³-hybridized carbons (Fsp3) is 0.375. The van der Waals surface area contributed by atoms with Crippen molar-refractivity contribution in [3.63, 3.8) is 0 Å². The molecule has 1 aromatic carbocycles. The van der Waals surface area contributed by atoms with Crippen LogP contribution in [0.1, 0.15) is 33.4 Å². The normalized spacial score (nSPS) is 20.1. The molecule has 1 aliphatic rings. The van der Waals surface area contributed by atoms with Gasteiger partial charge in [-0.1, -0.05) is 24.3 Å². The fourth-order valence-corrected chi connectivity index (χ4v) is 4.50. The van der Waals surface area contributed by atoms with Crippen LogP contribution in [0.4, 0.5) is 0 Å². The average molecular weight is 337 g/mol. The summed E-state index contributed by atoms with van der Waals surface area (Å²) in [5.74, 6) is 0.347. The summed E-state index contributed by atoms with van der Waals surface area (Å²) in [6.07, 6.45) is 2.82. The van der Waals surface area contributed by atoms with Crippen LogP contribution < -0.4 is 0 Å². The molecule has 0 fully saturated rings. The van der Waals surface area contributed by atoms with E-state index < -0.39 is 0 Å². The number of hydrogen-bond acceptors (Lipinski definition) is 2. The molecule has 100 valence electrons. The van der Waals surface area contributed by atoms with Crippen molar-refractivity contribution in [2.45, 2.75) is 32.3 Å². The topological polar surface area (TPSA) is 20.2 Å². The van der Waals surface area contributed by atoms with Gasteiger partial charge in [0.25, 0.3) is 0 Å². The number of thiophene rings is 1. The molecule has 2 unspecified atom stereocenters. The zero-order chi connectivity index (χ0) is 13.4. The van der Waals surface area contributed by atoms with Crippen molar-refractivity contribution in [2.75, 3.05) is 0 Å². The molecular weight excluding hydrogens is 320 g/mol. The zero-order valence-electron chi connectivity index (χ0n) is 10.9. The number of hydrogen-bond donors (Lipinski definition) is 1. The van der Waals surface area contributed by atoms with Crippen molar-refractivity contribution in [2.24, 2.45) is 5.92 Å². The maximum Gasteiger partial charge on any atom is 0.0913 e. The molecule has 1 heterocycles. The van der Waals surface area contributed by atoms with Crippen molar-refractivity contribution >= 4 is 27.3 Å². The molecule has 2 aromatic rings. The highest BCUT2D eigenvalue weighted by Gasteiger charge is 2.27. The van der Waals surface area contributed by atoms with Crippen molar-refractivity contribution < 1.29 is 5.11 Å². The number of benzene rings is 1. The van der Waals surface area contributed by atoms with Gasteiger partial charge in [-0.25, -0.2) is 0 Å². The Labute approximate surface area is 126 Å². The first kappa shape index (κ1) is 13.3. The van der Waals surface area contributed by atoms with Gasteiger partial charge >= 0.3 is 0 Å². The first-order valence-electron chi connectivity index (χ1n) is 6.66. The van der Waals surface area contributed by atoms with Crippen LogP contribution in [0.15, 0.2) is 34.8 Å². The highest BCUT2D eigenvalue weighted by Crippen LogP contribution is 2.38. The van der Waals surface area contributed by atoms with Crippen molar-refractivity contribution in [1.82, 2.24) is 0 Å². The van der Waals surface area contributed by atoms with Crippen LogP contribution in [0.25, 0.3) is 0 Å². The van der Waals surface area contributed by atoms with Crippen molar-refractivity contribution in [3.8, 4) is 0 Å². The van der Waals surface area contributed by atoms with Gasteiger partial charge in [-0.15, -0.1) is 11.3 Å². The van der Waals surface area contributed by atoms with Crippen LogP contribution in [0.2, 0.25) is 0 Å². The van der Waals surface area contributed by atoms with Crippen LogP contribution in [-0.2, 0) is 12.8 Å². The minimum absolute atomic E-state index is 0.330. The minimum Gasteiger partial charge on any atom is -0.387 e. The monoisotopic (exact) mass is 336 g/mol. The van der Waals surface area contributed by atoms with Crippen LogP contribution in [0, 0.1) is 12.8 Å². The first-order valence-corrected chi connectivity index (χ1v) is 8.27. The van der Waals surface area contributed by atoms with Gasteiger partial charge in [0.15, 0.2) is 0 Å². The van der Waals surface area contributed by atoms with Gasteiger partial charge in [-0.3, -0.25) is 0 Å². The van der Waals surface area contributed by atoms with E-state index in [1.54, 1.807) is 11.3 Å². The lowest BCUT2D eigenvalue weighted by Gasteiger charge is -2.28. The third-order valence-corrected chi connectivity index (χ3v) is 6.21. The summed E-state index contributed by atoms with van der Waals surface area (Å²) in [4.78, 5) is 2.33. The molecule has 3 heteroatoms. The number of rotatable bonds is 2. The second kappa shape index (κ2) is 5.39. The molecule has 0 aliphatic heterocycles. The summed E-state index contributed by atoms with van der Waals surface area (Å²) >= 11 is 5.23. The Morgan fingerprint density at radius 3 is 2.74 bits per heavy atom. The number of aryl methyl sites for hydroxylation is 2. The average Bonchev–Trinajstić information content (AvgIpc) is 2.77. The Morgan fingerprint density at radius 1 is 1.32 bits per heavy atom. The molecule has 1 aliphatic carbocycles. The highest BCUT2D eigenvalue weighted by atomic mass is 79.9. The van der Waals surface area contributed by atoms with E-state index in [1.165, 1.54) is 16.0 Å². The molecular formula is C16H17BrOS. The second-order valence-corrected chi connectivity index (χ2v) is 7.41. The van der Waals surface area contributed by atoms with Gasteiger partial charge in [0, 0.05) is 14.2 Å². The van der Waals surface area contributed by atoms with E-state index in [0.717, 1.165) is 28.6 Å². The van der Waals surface area contributed by atoms with Gasteiger partial charge in [0.2, 0.25) is 0 Å². The number of aliphatic hydroxyl groups is 1. The summed E-state index contributed by atoms with van der Waals surface area (Å²) in [6, 6.07) is 10.7. The Bertz CT molecular complexity index is 571. The van der Waals surface area contributed by atoms with Gasteiger partial charge in [-0.2, -0.15) is 0 Å². The second-order valence-electron chi connectivity index (χ2n) is 5.27. The molecule has 1 nitrogen and oxygen atoms in total. The number of fused-ring (bicyclic) bond motifs is 1. The lowest BCUT2D eigenvalue weighted by atomic mass is 9.81. The summed E-state index contributed by atoms with van der Waals surface area (Å²) in [5, 5.41) is 10.6. The predicted octanol–water partition coefficient (Wildman–Crippen LogP) is 4.66. The van der Waals surface area contributed by atoms with Crippen molar-refractivity contribution in [1.29, 1.82) is 0 Å². The van der Waals surface area contributed by atoms with E-state index in [9.17, 15) is 5.11 Å². The summed E-state index contributed by atoms with van der Waals surface area (Å²) in [7, 11) is 0. The zero-order valence-corrected chi connectivity index (χ0v) is 13.3. The molecule has 0 amide bonds. The SMILES string of the molecule is Cc1sc(C(O)C2CCc3ccccc3C2)cc1Br. The van der Waals surface area contributed by atoms with Gasteiger partial charge < -0.3 is 5.11 Å². The lowest BCUT2D eigenvalue weighted by Crippen LogP contribution is -2.20. The molecule has 0 radical (unpaired) electrons. The summed E-state index contributed by atoms with van der Waals surface area (Å²) in [6.45, 7) is 2.08. The van der Waals surface area contributed by atoms with Crippen LogP contribution >= 0.6 is 27.3 Å². The van der Waals surface area contributed by atoms with E-state index in [-0.39, 0.29) is 6.10 Å². The molecule has 1 aromatic heterocycles. The van der Waals surface area contributed by atoms with E-state index in [1.807, 2.05) is 0 Å². The molecule has 1 N–H and O–H groups in total. The van der Waals surface area contributed by atoms with E-state index in [4.69, 9.17) is 0 Å².